The molecule has 2 fully saturated rings. The second-order valence-corrected chi connectivity index (χ2v) is 12.7. The van der Waals surface area contributed by atoms with Crippen molar-refractivity contribution in [3.8, 4) is 5.75 Å². The van der Waals surface area contributed by atoms with Crippen molar-refractivity contribution >= 4 is 0 Å². The Balaban J connectivity index is 1.08. The maximum Gasteiger partial charge on any atom is 0.119 e. The predicted molar refractivity (Wildman–Crippen MR) is 156 cm³/mol. The van der Waals surface area contributed by atoms with E-state index in [9.17, 15) is 0 Å². The smallest absolute Gasteiger partial charge is 0.119 e. The molecule has 2 atom stereocenters. The van der Waals surface area contributed by atoms with Crippen molar-refractivity contribution in [1.29, 1.82) is 0 Å². The first kappa shape index (κ1) is 27.8. The summed E-state index contributed by atoms with van der Waals surface area (Å²) in [5, 5.41) is 0. The Bertz CT molecular complexity index is 732. The Kier molecular flexibility index (Phi) is 11.8. The quantitative estimate of drug-likeness (QED) is 0.196. The molecule has 0 radical (unpaired) electrons. The first-order valence-electron chi connectivity index (χ1n) is 16.2. The Hall–Kier alpha value is -1.24. The maximum atomic E-state index is 6.14. The van der Waals surface area contributed by atoms with Crippen LogP contribution in [0.2, 0.25) is 0 Å². The van der Waals surface area contributed by atoms with Crippen molar-refractivity contribution in [2.75, 3.05) is 6.61 Å². The highest BCUT2D eigenvalue weighted by atomic mass is 16.5. The number of hydrogen-bond acceptors (Lipinski definition) is 1. The third kappa shape index (κ3) is 8.66. The summed E-state index contributed by atoms with van der Waals surface area (Å²) in [6, 6.07) is 9.02. The van der Waals surface area contributed by atoms with E-state index in [1.54, 1.807) is 0 Å². The molecule has 0 aliphatic heterocycles. The van der Waals surface area contributed by atoms with Gasteiger partial charge in [0.05, 0.1) is 6.61 Å². The monoisotopic (exact) mass is 492 g/mol. The third-order valence-corrected chi connectivity index (χ3v) is 10.1. The molecule has 0 N–H and O–H groups in total. The average molecular weight is 493 g/mol. The lowest BCUT2D eigenvalue weighted by Crippen LogP contribution is -2.26. The fourth-order valence-electron chi connectivity index (χ4n) is 7.73. The maximum absolute atomic E-state index is 6.14. The summed E-state index contributed by atoms with van der Waals surface area (Å²) in [5.74, 6) is 6.58. The molecule has 1 heteroatoms. The van der Waals surface area contributed by atoms with Gasteiger partial charge in [0.2, 0.25) is 0 Å². The standard InChI is InChI=1S/C35H56O/c1-3-5-6-9-29-13-19-33(20-14-29)34-23-25-35(26-24-34)36-27-7-10-30-15-21-32(22-16-30)31-17-11-28(8-4-2)12-18-31/h13,19,23-26,28-33H,3-12,14-18,20-22,27H2,1-2H3. The van der Waals surface area contributed by atoms with Gasteiger partial charge in [0.15, 0.2) is 0 Å². The number of unbranched alkanes of at least 4 members (excludes halogenated alkanes) is 2. The van der Waals surface area contributed by atoms with E-state index in [4.69, 9.17) is 4.74 Å². The molecule has 0 aromatic heterocycles. The zero-order chi connectivity index (χ0) is 25.0. The van der Waals surface area contributed by atoms with Crippen LogP contribution in [0, 0.1) is 29.6 Å². The van der Waals surface area contributed by atoms with Gasteiger partial charge in [-0.1, -0.05) is 95.9 Å². The summed E-state index contributed by atoms with van der Waals surface area (Å²) in [6.07, 6.45) is 30.6. The van der Waals surface area contributed by atoms with Crippen molar-refractivity contribution < 1.29 is 4.74 Å². The molecule has 4 rings (SSSR count). The van der Waals surface area contributed by atoms with E-state index in [0.717, 1.165) is 41.9 Å². The van der Waals surface area contributed by atoms with E-state index in [1.807, 2.05) is 0 Å². The summed E-state index contributed by atoms with van der Waals surface area (Å²) in [5.41, 5.74) is 1.46. The van der Waals surface area contributed by atoms with Crippen molar-refractivity contribution in [3.63, 3.8) is 0 Å². The van der Waals surface area contributed by atoms with Gasteiger partial charge in [0.1, 0.15) is 5.75 Å². The number of allylic oxidation sites excluding steroid dienone is 2. The molecule has 1 nitrogen and oxygen atoms in total. The summed E-state index contributed by atoms with van der Waals surface area (Å²) >= 11 is 0. The highest BCUT2D eigenvalue weighted by Gasteiger charge is 2.30. The molecule has 202 valence electrons. The molecule has 2 saturated carbocycles. The first-order valence-corrected chi connectivity index (χ1v) is 16.2. The molecule has 1 aromatic carbocycles. The summed E-state index contributed by atoms with van der Waals surface area (Å²) < 4.78 is 6.14. The lowest BCUT2D eigenvalue weighted by Gasteiger charge is -2.38. The van der Waals surface area contributed by atoms with Crippen LogP contribution in [0.4, 0.5) is 0 Å². The fourth-order valence-corrected chi connectivity index (χ4v) is 7.73. The minimum absolute atomic E-state index is 0.600. The molecule has 3 aliphatic rings. The van der Waals surface area contributed by atoms with Gasteiger partial charge in [0.25, 0.3) is 0 Å². The van der Waals surface area contributed by atoms with Crippen LogP contribution in [-0.2, 0) is 0 Å². The van der Waals surface area contributed by atoms with Crippen LogP contribution in [0.3, 0.4) is 0 Å². The molecule has 0 heterocycles. The molecule has 2 unspecified atom stereocenters. The molecular weight excluding hydrogens is 436 g/mol. The third-order valence-electron chi connectivity index (χ3n) is 10.1. The minimum atomic E-state index is 0.600. The van der Waals surface area contributed by atoms with Crippen molar-refractivity contribution in [2.24, 2.45) is 29.6 Å². The molecule has 1 aromatic rings. The number of ether oxygens (including phenoxy) is 1. The molecule has 36 heavy (non-hydrogen) atoms. The van der Waals surface area contributed by atoms with Crippen LogP contribution in [0.1, 0.15) is 141 Å². The lowest BCUT2D eigenvalue weighted by atomic mass is 9.68. The van der Waals surface area contributed by atoms with Gasteiger partial charge in [-0.3, -0.25) is 0 Å². The molecule has 0 bridgehead atoms. The lowest BCUT2D eigenvalue weighted by molar-refractivity contribution is 0.138. The van der Waals surface area contributed by atoms with Crippen LogP contribution in [0.25, 0.3) is 0 Å². The van der Waals surface area contributed by atoms with Crippen LogP contribution in [0.15, 0.2) is 36.4 Å². The van der Waals surface area contributed by atoms with Gasteiger partial charge in [0, 0.05) is 5.92 Å². The number of benzene rings is 1. The van der Waals surface area contributed by atoms with Crippen LogP contribution in [0.5, 0.6) is 5.75 Å². The molecule has 3 aliphatic carbocycles. The minimum Gasteiger partial charge on any atom is -0.494 e. The van der Waals surface area contributed by atoms with E-state index in [1.165, 1.54) is 121 Å². The Morgan fingerprint density at radius 1 is 0.611 bits per heavy atom. The van der Waals surface area contributed by atoms with Crippen LogP contribution < -0.4 is 4.74 Å². The van der Waals surface area contributed by atoms with Crippen LogP contribution >= 0.6 is 0 Å². The van der Waals surface area contributed by atoms with Gasteiger partial charge >= 0.3 is 0 Å². The number of hydrogen-bond donors (Lipinski definition) is 0. The highest BCUT2D eigenvalue weighted by Crippen LogP contribution is 2.43. The normalized spacial score (nSPS) is 30.8. The summed E-state index contributed by atoms with van der Waals surface area (Å²) in [6.45, 7) is 5.53. The second-order valence-electron chi connectivity index (χ2n) is 12.7. The van der Waals surface area contributed by atoms with Crippen molar-refractivity contribution in [1.82, 2.24) is 0 Å². The molecule has 0 spiro atoms. The van der Waals surface area contributed by atoms with E-state index >= 15 is 0 Å². The molecule has 0 saturated heterocycles. The van der Waals surface area contributed by atoms with E-state index in [2.05, 4.69) is 50.3 Å². The number of rotatable bonds is 13. The summed E-state index contributed by atoms with van der Waals surface area (Å²) in [4.78, 5) is 0. The Morgan fingerprint density at radius 2 is 1.28 bits per heavy atom. The van der Waals surface area contributed by atoms with E-state index in [0.29, 0.717) is 5.92 Å². The zero-order valence-corrected chi connectivity index (χ0v) is 23.8. The molecule has 0 amide bonds. The van der Waals surface area contributed by atoms with Crippen LogP contribution in [-0.4, -0.2) is 6.61 Å². The van der Waals surface area contributed by atoms with Gasteiger partial charge in [-0.05, 0) is 105 Å². The van der Waals surface area contributed by atoms with Gasteiger partial charge < -0.3 is 4.74 Å². The second kappa shape index (κ2) is 15.2. The van der Waals surface area contributed by atoms with E-state index < -0.39 is 0 Å². The Labute approximate surface area is 223 Å². The summed E-state index contributed by atoms with van der Waals surface area (Å²) in [7, 11) is 0. The zero-order valence-electron chi connectivity index (χ0n) is 23.8. The predicted octanol–water partition coefficient (Wildman–Crippen LogP) is 10.9. The van der Waals surface area contributed by atoms with Gasteiger partial charge in [-0.2, -0.15) is 0 Å². The average Bonchev–Trinajstić information content (AvgIpc) is 2.93. The van der Waals surface area contributed by atoms with Crippen molar-refractivity contribution in [2.45, 2.75) is 135 Å². The topological polar surface area (TPSA) is 9.23 Å². The fraction of sp³-hybridized carbons (Fsp3) is 0.771. The van der Waals surface area contributed by atoms with Gasteiger partial charge in [-0.15, -0.1) is 0 Å². The first-order chi connectivity index (χ1) is 17.7. The largest absolute Gasteiger partial charge is 0.494 e. The SMILES string of the molecule is CCCCCC1C=CC(c2ccc(OCCCC3CCC(C4CCC(CCC)CC4)CC3)cc2)CC1. The van der Waals surface area contributed by atoms with Gasteiger partial charge in [-0.25, -0.2) is 0 Å². The van der Waals surface area contributed by atoms with Crippen molar-refractivity contribution in [3.05, 3.63) is 42.0 Å². The molecular formula is C35H56O. The highest BCUT2D eigenvalue weighted by molar-refractivity contribution is 5.32. The van der Waals surface area contributed by atoms with E-state index in [-0.39, 0.29) is 0 Å². The Morgan fingerprint density at radius 3 is 1.86 bits per heavy atom.